The maximum atomic E-state index is 12.3. The number of carbonyl (C=O) groups excluding carboxylic acids is 1. The number of aromatic nitrogens is 2. The van der Waals surface area contributed by atoms with E-state index in [1.165, 1.54) is 11.1 Å². The molecule has 4 rings (SSSR count). The molecule has 1 aromatic carbocycles. The molecular weight excluding hydrogens is 378 g/mol. The fraction of sp³-hybridized carbons (Fsp3) is 0.522. The average Bonchev–Trinajstić information content (AvgIpc) is 3.22. The van der Waals surface area contributed by atoms with Crippen LogP contribution in [0.3, 0.4) is 0 Å². The molecule has 0 unspecified atom stereocenters. The zero-order chi connectivity index (χ0) is 21.3. The Morgan fingerprint density at radius 2 is 1.93 bits per heavy atom. The van der Waals surface area contributed by atoms with Crippen LogP contribution in [0.2, 0.25) is 0 Å². The van der Waals surface area contributed by atoms with Crippen molar-refractivity contribution < 1.29 is 9.53 Å². The molecule has 0 aliphatic carbocycles. The quantitative estimate of drug-likeness (QED) is 0.755. The molecule has 0 bridgehead atoms. The predicted octanol–water partition coefficient (Wildman–Crippen LogP) is 3.89. The normalized spacial score (nSPS) is 17.4. The van der Waals surface area contributed by atoms with Crippen LogP contribution in [0.4, 0.5) is 10.6 Å². The third-order valence-corrected chi connectivity index (χ3v) is 5.76. The van der Waals surface area contributed by atoms with Crippen LogP contribution in [0.15, 0.2) is 30.5 Å². The summed E-state index contributed by atoms with van der Waals surface area (Å²) in [5.41, 5.74) is 2.77. The number of anilines is 1. The van der Waals surface area contributed by atoms with Crippen LogP contribution in [-0.4, -0.2) is 46.0 Å². The van der Waals surface area contributed by atoms with Crippen molar-refractivity contribution >= 4 is 11.9 Å². The summed E-state index contributed by atoms with van der Waals surface area (Å²) in [6, 6.07) is 10.5. The summed E-state index contributed by atoms with van der Waals surface area (Å²) >= 11 is 0. The highest BCUT2D eigenvalue weighted by atomic mass is 16.6. The number of likely N-dealkylation sites (tertiary alicyclic amines) is 1. The molecule has 1 fully saturated rings. The lowest BCUT2D eigenvalue weighted by atomic mass is 9.98. The summed E-state index contributed by atoms with van der Waals surface area (Å²) < 4.78 is 7.53. The molecule has 2 aliphatic heterocycles. The summed E-state index contributed by atoms with van der Waals surface area (Å²) in [6.45, 7) is 8.74. The molecule has 7 nitrogen and oxygen atoms in total. The summed E-state index contributed by atoms with van der Waals surface area (Å²) in [5, 5.41) is 14.0. The second kappa shape index (κ2) is 8.02. The van der Waals surface area contributed by atoms with E-state index in [4.69, 9.17) is 15.1 Å². The van der Waals surface area contributed by atoms with Crippen molar-refractivity contribution in [2.45, 2.75) is 58.2 Å². The highest BCUT2D eigenvalue weighted by Crippen LogP contribution is 2.27. The number of nitrogens with zero attached hydrogens (tertiary/aromatic N) is 5. The van der Waals surface area contributed by atoms with E-state index in [-0.39, 0.29) is 6.09 Å². The number of amides is 1. The molecule has 30 heavy (non-hydrogen) atoms. The first-order valence-electron chi connectivity index (χ1n) is 10.6. The molecule has 2 aromatic rings. The van der Waals surface area contributed by atoms with Gasteiger partial charge in [0.05, 0.1) is 17.7 Å². The van der Waals surface area contributed by atoms with E-state index >= 15 is 0 Å². The topological polar surface area (TPSA) is 74.4 Å². The summed E-state index contributed by atoms with van der Waals surface area (Å²) in [5.74, 6) is 0.970. The van der Waals surface area contributed by atoms with Gasteiger partial charge in [-0.05, 0) is 63.3 Å². The van der Waals surface area contributed by atoms with Crippen molar-refractivity contribution in [2.75, 3.05) is 24.5 Å². The predicted molar refractivity (Wildman–Crippen MR) is 114 cm³/mol. The molecule has 1 aromatic heterocycles. The third-order valence-electron chi connectivity index (χ3n) is 5.76. The molecule has 0 saturated carbocycles. The Hall–Kier alpha value is -3.01. The average molecular weight is 408 g/mol. The number of rotatable bonds is 2. The lowest BCUT2D eigenvalue weighted by Crippen LogP contribution is -2.42. The van der Waals surface area contributed by atoms with E-state index < -0.39 is 5.60 Å². The van der Waals surface area contributed by atoms with E-state index in [1.807, 2.05) is 43.8 Å². The van der Waals surface area contributed by atoms with E-state index in [1.54, 1.807) is 4.90 Å². The van der Waals surface area contributed by atoms with Crippen LogP contribution in [0, 0.1) is 11.3 Å². The van der Waals surface area contributed by atoms with Crippen LogP contribution in [-0.2, 0) is 17.7 Å². The molecule has 0 spiro atoms. The Labute approximate surface area is 177 Å². The SMILES string of the molecule is CC(C)(C)OC(=O)N1CCC(n2ccc(N3CCc4ccc(C#N)cc4C3)n2)CC1. The Balaban J connectivity index is 1.37. The lowest BCUT2D eigenvalue weighted by molar-refractivity contribution is 0.0185. The van der Waals surface area contributed by atoms with Gasteiger partial charge in [0.1, 0.15) is 5.60 Å². The molecule has 1 saturated heterocycles. The van der Waals surface area contributed by atoms with Crippen molar-refractivity contribution in [1.82, 2.24) is 14.7 Å². The van der Waals surface area contributed by atoms with Gasteiger partial charge < -0.3 is 14.5 Å². The minimum atomic E-state index is -0.466. The molecular formula is C23H29N5O2. The van der Waals surface area contributed by atoms with Gasteiger partial charge in [-0.15, -0.1) is 0 Å². The minimum Gasteiger partial charge on any atom is -0.444 e. The molecule has 1 amide bonds. The molecule has 158 valence electrons. The van der Waals surface area contributed by atoms with Gasteiger partial charge in [0, 0.05) is 38.4 Å². The first-order valence-corrected chi connectivity index (χ1v) is 10.6. The van der Waals surface area contributed by atoms with Gasteiger partial charge in [0.25, 0.3) is 0 Å². The van der Waals surface area contributed by atoms with Crippen molar-refractivity contribution in [1.29, 1.82) is 5.26 Å². The van der Waals surface area contributed by atoms with Crippen molar-refractivity contribution in [3.05, 3.63) is 47.2 Å². The fourth-order valence-electron chi connectivity index (χ4n) is 4.16. The fourth-order valence-corrected chi connectivity index (χ4v) is 4.16. The summed E-state index contributed by atoms with van der Waals surface area (Å²) in [7, 11) is 0. The number of fused-ring (bicyclic) bond motifs is 1. The largest absolute Gasteiger partial charge is 0.444 e. The van der Waals surface area contributed by atoms with Gasteiger partial charge in [-0.3, -0.25) is 4.68 Å². The number of benzene rings is 1. The summed E-state index contributed by atoms with van der Waals surface area (Å²) in [6.07, 6.45) is 4.52. The highest BCUT2D eigenvalue weighted by Gasteiger charge is 2.28. The van der Waals surface area contributed by atoms with Crippen LogP contribution < -0.4 is 4.90 Å². The molecule has 0 N–H and O–H groups in total. The number of ether oxygens (including phenoxy) is 1. The first kappa shape index (κ1) is 20.3. The van der Waals surface area contributed by atoms with Gasteiger partial charge in [0.2, 0.25) is 0 Å². The van der Waals surface area contributed by atoms with Gasteiger partial charge >= 0.3 is 6.09 Å². The van der Waals surface area contributed by atoms with Gasteiger partial charge in [0.15, 0.2) is 5.82 Å². The third kappa shape index (κ3) is 4.43. The maximum absolute atomic E-state index is 12.3. The van der Waals surface area contributed by atoms with Crippen LogP contribution >= 0.6 is 0 Å². The number of hydrogen-bond acceptors (Lipinski definition) is 5. The molecule has 0 atom stereocenters. The van der Waals surface area contributed by atoms with Crippen molar-refractivity contribution in [2.24, 2.45) is 0 Å². The van der Waals surface area contributed by atoms with E-state index in [9.17, 15) is 4.79 Å². The monoisotopic (exact) mass is 407 g/mol. The van der Waals surface area contributed by atoms with Crippen molar-refractivity contribution in [3.8, 4) is 6.07 Å². The smallest absolute Gasteiger partial charge is 0.410 e. The number of hydrogen-bond donors (Lipinski definition) is 0. The van der Waals surface area contributed by atoms with Crippen LogP contribution in [0.25, 0.3) is 0 Å². The van der Waals surface area contributed by atoms with Gasteiger partial charge in [-0.25, -0.2) is 4.79 Å². The maximum Gasteiger partial charge on any atom is 0.410 e. The van der Waals surface area contributed by atoms with E-state index in [0.29, 0.717) is 24.7 Å². The summed E-state index contributed by atoms with van der Waals surface area (Å²) in [4.78, 5) is 16.3. The van der Waals surface area contributed by atoms with Gasteiger partial charge in [-0.1, -0.05) is 6.07 Å². The Morgan fingerprint density at radius 1 is 1.17 bits per heavy atom. The number of piperidine rings is 1. The Kier molecular flexibility index (Phi) is 5.42. The van der Waals surface area contributed by atoms with E-state index in [0.717, 1.165) is 38.2 Å². The number of carbonyl (C=O) groups is 1. The second-order valence-electron chi connectivity index (χ2n) is 9.12. The Bertz CT molecular complexity index is 961. The number of nitriles is 1. The second-order valence-corrected chi connectivity index (χ2v) is 9.12. The zero-order valence-corrected chi connectivity index (χ0v) is 18.0. The van der Waals surface area contributed by atoms with E-state index in [2.05, 4.69) is 23.1 Å². The standard InChI is InChI=1S/C23H29N5O2/c1-23(2,3)30-22(29)26-11-7-20(8-12-26)28-13-9-21(25-28)27-10-6-18-5-4-17(15-24)14-19(18)16-27/h4-5,9,13-14,20H,6-8,10-12,16H2,1-3H3. The van der Waals surface area contributed by atoms with Crippen LogP contribution in [0.1, 0.15) is 56.3 Å². The van der Waals surface area contributed by atoms with Gasteiger partial charge in [-0.2, -0.15) is 10.4 Å². The molecule has 2 aliphatic rings. The van der Waals surface area contributed by atoms with Crippen molar-refractivity contribution in [3.63, 3.8) is 0 Å². The molecule has 0 radical (unpaired) electrons. The van der Waals surface area contributed by atoms with Crippen LogP contribution in [0.5, 0.6) is 0 Å². The molecule has 7 heteroatoms. The highest BCUT2D eigenvalue weighted by molar-refractivity contribution is 5.68. The zero-order valence-electron chi connectivity index (χ0n) is 18.0. The first-order chi connectivity index (χ1) is 14.3. The Morgan fingerprint density at radius 3 is 2.63 bits per heavy atom. The lowest BCUT2D eigenvalue weighted by Gasteiger charge is -2.33. The minimum absolute atomic E-state index is 0.231. The molecule has 3 heterocycles.